The molecule has 0 bridgehead atoms. The molecule has 0 aromatic heterocycles. The van der Waals surface area contributed by atoms with Gasteiger partial charge in [-0.05, 0) is 12.1 Å². The number of rotatable bonds is 1. The summed E-state index contributed by atoms with van der Waals surface area (Å²) < 4.78 is 2.21. The summed E-state index contributed by atoms with van der Waals surface area (Å²) in [6.07, 6.45) is 0. The van der Waals surface area contributed by atoms with Crippen molar-refractivity contribution in [1.29, 1.82) is 0 Å². The molecular formula is H3N2S2-. The summed E-state index contributed by atoms with van der Waals surface area (Å²) in [7, 11) is 0. The van der Waals surface area contributed by atoms with Crippen molar-refractivity contribution >= 4 is 24.9 Å². The molecule has 0 saturated heterocycles. The van der Waals surface area contributed by atoms with Gasteiger partial charge < -0.3 is 16.9 Å². The predicted molar refractivity (Wildman–Crippen MR) is 22.3 cm³/mol. The summed E-state index contributed by atoms with van der Waals surface area (Å²) in [6, 6.07) is 0. The molecule has 4 heavy (non-hydrogen) atoms. The monoisotopic (exact) mass is 95.0 g/mol. The van der Waals surface area contributed by atoms with Crippen molar-refractivity contribution in [1.82, 2.24) is 4.13 Å². The topological polar surface area (TPSA) is 38.0 Å². The van der Waals surface area contributed by atoms with Gasteiger partial charge in [0.1, 0.15) is 0 Å². The second-order valence-electron chi connectivity index (χ2n) is 0.201. The van der Waals surface area contributed by atoms with Gasteiger partial charge in [-0.1, -0.05) is 0 Å². The lowest BCUT2D eigenvalue weighted by molar-refractivity contribution is 1.74. The molecule has 0 fully saturated rings. The Morgan fingerprint density at radius 3 is 2.25 bits per heavy atom. The van der Waals surface area contributed by atoms with Gasteiger partial charge in [-0.15, -0.1) is 0 Å². The van der Waals surface area contributed by atoms with Crippen LogP contribution in [0.25, 0.3) is 0 Å². The molecule has 26 valence electrons. The van der Waals surface area contributed by atoms with E-state index in [4.69, 9.17) is 5.14 Å². The van der Waals surface area contributed by atoms with Crippen molar-refractivity contribution in [2.45, 2.75) is 0 Å². The average molecular weight is 95.2 g/mol. The molecule has 0 aromatic carbocycles. The van der Waals surface area contributed by atoms with E-state index in [2.05, 4.69) is 16.9 Å². The maximum atomic E-state index is 4.73. The molecule has 3 N–H and O–H groups in total. The van der Waals surface area contributed by atoms with Crippen LogP contribution in [0, 0.1) is 0 Å². The van der Waals surface area contributed by atoms with Crippen LogP contribution < -0.4 is 9.27 Å². The average Bonchev–Trinajstić information content (AvgIpc) is 1.37. The highest BCUT2D eigenvalue weighted by atomic mass is 32.2. The molecule has 0 radical (unpaired) electrons. The third kappa shape index (κ3) is 2.62. The van der Waals surface area contributed by atoms with Crippen molar-refractivity contribution in [2.75, 3.05) is 0 Å². The van der Waals surface area contributed by atoms with Crippen molar-refractivity contribution in [3.05, 3.63) is 0 Å². The Kier molecular flexibility index (Phi) is 4.18. The minimum Gasteiger partial charge on any atom is -0.691 e. The number of hydrogen-bond donors (Lipinski definition) is 2. The molecule has 0 atom stereocenters. The smallest absolute Gasteiger partial charge is 0.0247 e. The molecule has 0 spiro atoms. The summed E-state index contributed by atoms with van der Waals surface area (Å²) in [5, 5.41) is 4.73. The van der Waals surface area contributed by atoms with Gasteiger partial charge in [0, 0.05) is 0 Å². The molecule has 0 amide bonds. The zero-order chi connectivity index (χ0) is 3.41. The summed E-state index contributed by atoms with van der Waals surface area (Å²) in [6.45, 7) is 0. The van der Waals surface area contributed by atoms with Gasteiger partial charge in [-0.2, -0.15) is 0 Å². The van der Waals surface area contributed by atoms with Crippen LogP contribution in [0.2, 0.25) is 0 Å². The molecule has 0 aliphatic rings. The number of nitrogens with one attached hydrogen (secondary N) is 1. The third-order valence-electron chi connectivity index (χ3n) is 0.0481. The summed E-state index contributed by atoms with van der Waals surface area (Å²) >= 11 is 5.06. The fraction of sp³-hybridized carbons (Fsp3) is 0. The molecule has 0 rings (SSSR count). The fourth-order valence-corrected chi connectivity index (χ4v) is 0. The first-order valence-electron chi connectivity index (χ1n) is 0.644. The second kappa shape index (κ2) is 3.62. The van der Waals surface area contributed by atoms with Crippen LogP contribution in [0.3, 0.4) is 0 Å². The van der Waals surface area contributed by atoms with Crippen LogP contribution in [0.4, 0.5) is 0 Å². The van der Waals surface area contributed by atoms with Crippen molar-refractivity contribution in [3.63, 3.8) is 0 Å². The first-order valence-corrected chi connectivity index (χ1v) is 1.93. The van der Waals surface area contributed by atoms with Gasteiger partial charge in [0.25, 0.3) is 0 Å². The molecule has 0 unspecified atom stereocenters. The van der Waals surface area contributed by atoms with E-state index in [1.807, 2.05) is 0 Å². The zero-order valence-electron chi connectivity index (χ0n) is 1.89. The van der Waals surface area contributed by atoms with Gasteiger partial charge in [0.2, 0.25) is 0 Å². The lowest BCUT2D eigenvalue weighted by atomic mass is 13.9. The normalized spacial score (nSPS) is 7.50. The minimum atomic E-state index is 0.921. The highest BCUT2D eigenvalue weighted by Crippen LogP contribution is 1.62. The Morgan fingerprint density at radius 1 is 2.00 bits per heavy atom. The van der Waals surface area contributed by atoms with Crippen LogP contribution in [0.5, 0.6) is 0 Å². The van der Waals surface area contributed by atoms with E-state index < -0.39 is 0 Å². The van der Waals surface area contributed by atoms with Crippen LogP contribution in [-0.4, -0.2) is 0 Å². The zero-order valence-corrected chi connectivity index (χ0v) is 3.53. The van der Waals surface area contributed by atoms with Crippen molar-refractivity contribution < 1.29 is 0 Å². The second-order valence-corrected chi connectivity index (χ2v) is 1.10. The molecule has 0 aromatic rings. The van der Waals surface area contributed by atoms with Gasteiger partial charge >= 0.3 is 0 Å². The highest BCUT2D eigenvalue weighted by Gasteiger charge is 1.37. The van der Waals surface area contributed by atoms with Crippen molar-refractivity contribution in [3.8, 4) is 0 Å². The first-order chi connectivity index (χ1) is 1.91. The van der Waals surface area contributed by atoms with E-state index in [0.717, 1.165) is 12.1 Å². The van der Waals surface area contributed by atoms with E-state index in [0.29, 0.717) is 0 Å². The Labute approximate surface area is 34.9 Å². The van der Waals surface area contributed by atoms with E-state index in [1.165, 1.54) is 0 Å². The Balaban J connectivity index is 1.97. The van der Waals surface area contributed by atoms with Crippen molar-refractivity contribution in [2.24, 2.45) is 5.14 Å². The summed E-state index contributed by atoms with van der Waals surface area (Å²) in [5.74, 6) is 0. The molecule has 0 heterocycles. The van der Waals surface area contributed by atoms with E-state index >= 15 is 0 Å². The third-order valence-corrected chi connectivity index (χ3v) is 0.433. The Morgan fingerprint density at radius 2 is 2.25 bits per heavy atom. The van der Waals surface area contributed by atoms with Gasteiger partial charge in [-0.25, -0.2) is 0 Å². The van der Waals surface area contributed by atoms with Crippen LogP contribution in [0.1, 0.15) is 0 Å². The first kappa shape index (κ1) is 4.62. The quantitative estimate of drug-likeness (QED) is 0.342. The Bertz CT molecular complexity index is 6.00. The largest absolute Gasteiger partial charge is 0.691 e. The maximum Gasteiger partial charge on any atom is -0.0247 e. The molecule has 0 aliphatic carbocycles. The summed E-state index contributed by atoms with van der Waals surface area (Å²) in [5.41, 5.74) is 0. The SMILES string of the molecule is NSN[S-]. The number of nitrogens with two attached hydrogens (primary N) is 1. The Hall–Kier alpha value is 0.620. The van der Waals surface area contributed by atoms with Gasteiger partial charge in [0.15, 0.2) is 0 Å². The highest BCUT2D eigenvalue weighted by molar-refractivity contribution is 8.00. The molecule has 0 saturated carbocycles. The maximum absolute atomic E-state index is 4.73. The fourth-order valence-electron chi connectivity index (χ4n) is 0. The summed E-state index contributed by atoms with van der Waals surface area (Å²) in [4.78, 5) is 0. The van der Waals surface area contributed by atoms with Gasteiger partial charge in [-0.3, -0.25) is 5.14 Å². The molecule has 2 nitrogen and oxygen atoms in total. The molecule has 0 aliphatic heterocycles. The molecule has 4 heteroatoms. The number of hydrogen-bond acceptors (Lipinski definition) is 4. The standard InChI is InChI=1S/H3N2S2/c1-4-2-3/h2H,1H2/q-1. The van der Waals surface area contributed by atoms with Gasteiger partial charge in [0.05, 0.1) is 0 Å². The molecular weight excluding hydrogens is 92.1 g/mol. The lowest BCUT2D eigenvalue weighted by Crippen LogP contribution is -1.92. The van der Waals surface area contributed by atoms with E-state index in [-0.39, 0.29) is 0 Å². The van der Waals surface area contributed by atoms with Crippen LogP contribution in [0.15, 0.2) is 0 Å². The van der Waals surface area contributed by atoms with Crippen LogP contribution >= 0.6 is 12.1 Å². The van der Waals surface area contributed by atoms with E-state index in [9.17, 15) is 0 Å². The minimum absolute atomic E-state index is 0.921. The predicted octanol–water partition coefficient (Wildman–Crippen LogP) is -0.440. The van der Waals surface area contributed by atoms with Crippen LogP contribution in [-0.2, 0) is 12.8 Å². The van der Waals surface area contributed by atoms with E-state index in [1.54, 1.807) is 0 Å². The lowest BCUT2D eigenvalue weighted by Gasteiger charge is -1.94.